The normalized spacial score (nSPS) is 11.7. The summed E-state index contributed by atoms with van der Waals surface area (Å²) in [6, 6.07) is 22.1. The summed E-state index contributed by atoms with van der Waals surface area (Å²) in [5, 5.41) is 7.49. The molecule has 134 valence electrons. The average molecular weight is 376 g/mol. The summed E-state index contributed by atoms with van der Waals surface area (Å²) >= 11 is 6.01. The molecule has 4 aromatic rings. The SMILES string of the molecule is Clc1ccc(/C(Cn2ccnc2)=N\OCc2cccc3ccccc23)cc1. The molecule has 0 fully saturated rings. The first-order valence-corrected chi connectivity index (χ1v) is 9.04. The van der Waals surface area contributed by atoms with Crippen LogP contribution in [0, 0.1) is 0 Å². The summed E-state index contributed by atoms with van der Waals surface area (Å²) in [6.07, 6.45) is 5.41. The van der Waals surface area contributed by atoms with Gasteiger partial charge in [0.15, 0.2) is 0 Å². The Morgan fingerprint density at radius 1 is 1.00 bits per heavy atom. The highest BCUT2D eigenvalue weighted by molar-refractivity contribution is 6.30. The van der Waals surface area contributed by atoms with Crippen LogP contribution in [0.15, 0.2) is 90.6 Å². The number of aromatic nitrogens is 2. The molecule has 0 saturated carbocycles. The Hall–Kier alpha value is -3.11. The Kier molecular flexibility index (Phi) is 5.17. The van der Waals surface area contributed by atoms with Crippen molar-refractivity contribution >= 4 is 28.1 Å². The second-order valence-electron chi connectivity index (χ2n) is 6.19. The van der Waals surface area contributed by atoms with Crippen molar-refractivity contribution in [3.8, 4) is 0 Å². The maximum Gasteiger partial charge on any atom is 0.142 e. The van der Waals surface area contributed by atoms with Gasteiger partial charge in [0.2, 0.25) is 0 Å². The van der Waals surface area contributed by atoms with Gasteiger partial charge in [-0.25, -0.2) is 4.98 Å². The predicted molar refractivity (Wildman–Crippen MR) is 109 cm³/mol. The van der Waals surface area contributed by atoms with Crippen LogP contribution in [0.4, 0.5) is 0 Å². The van der Waals surface area contributed by atoms with Crippen molar-refractivity contribution in [1.29, 1.82) is 0 Å². The molecular weight excluding hydrogens is 358 g/mol. The van der Waals surface area contributed by atoms with Crippen LogP contribution in [0.3, 0.4) is 0 Å². The summed E-state index contributed by atoms with van der Waals surface area (Å²) < 4.78 is 1.95. The molecule has 0 atom stereocenters. The number of halogens is 1. The lowest BCUT2D eigenvalue weighted by molar-refractivity contribution is 0.131. The topological polar surface area (TPSA) is 39.4 Å². The molecule has 27 heavy (non-hydrogen) atoms. The van der Waals surface area contributed by atoms with E-state index >= 15 is 0 Å². The number of nitrogens with zero attached hydrogens (tertiary/aromatic N) is 3. The molecule has 0 unspecified atom stereocenters. The van der Waals surface area contributed by atoms with E-state index in [1.54, 1.807) is 12.5 Å². The Morgan fingerprint density at radius 3 is 2.63 bits per heavy atom. The van der Waals surface area contributed by atoms with E-state index in [1.165, 1.54) is 10.8 Å². The van der Waals surface area contributed by atoms with Gasteiger partial charge in [-0.15, -0.1) is 0 Å². The minimum Gasteiger partial charge on any atom is -0.391 e. The number of hydrogen-bond acceptors (Lipinski definition) is 3. The van der Waals surface area contributed by atoms with E-state index in [1.807, 2.05) is 53.2 Å². The van der Waals surface area contributed by atoms with E-state index in [0.29, 0.717) is 18.2 Å². The standard InChI is InChI=1S/C22H18ClN3O/c23-20-10-8-18(9-11-20)22(14-26-13-12-24-16-26)25-27-15-19-6-3-5-17-4-1-2-7-21(17)19/h1-13,16H,14-15H2/b25-22-. The Labute approximate surface area is 162 Å². The zero-order valence-electron chi connectivity index (χ0n) is 14.6. The molecule has 0 N–H and O–H groups in total. The molecule has 5 heteroatoms. The van der Waals surface area contributed by atoms with Gasteiger partial charge in [0, 0.05) is 23.0 Å². The quantitative estimate of drug-likeness (QED) is 0.338. The highest BCUT2D eigenvalue weighted by Gasteiger charge is 2.07. The molecule has 1 heterocycles. The third-order valence-electron chi connectivity index (χ3n) is 4.34. The van der Waals surface area contributed by atoms with Gasteiger partial charge in [0.1, 0.15) is 12.3 Å². The molecule has 4 rings (SSSR count). The van der Waals surface area contributed by atoms with Gasteiger partial charge in [0.05, 0.1) is 12.9 Å². The molecule has 0 aliphatic heterocycles. The van der Waals surface area contributed by atoms with Crippen molar-refractivity contribution < 1.29 is 4.84 Å². The average Bonchev–Trinajstić information content (AvgIpc) is 3.21. The van der Waals surface area contributed by atoms with Crippen molar-refractivity contribution in [2.45, 2.75) is 13.2 Å². The molecule has 1 aromatic heterocycles. The number of oxime groups is 1. The van der Waals surface area contributed by atoms with Gasteiger partial charge in [-0.1, -0.05) is 71.4 Å². The van der Waals surface area contributed by atoms with Crippen LogP contribution in [0.2, 0.25) is 5.02 Å². The second kappa shape index (κ2) is 8.06. The highest BCUT2D eigenvalue weighted by atomic mass is 35.5. The Morgan fingerprint density at radius 2 is 1.81 bits per heavy atom. The maximum atomic E-state index is 6.01. The smallest absolute Gasteiger partial charge is 0.142 e. The van der Waals surface area contributed by atoms with E-state index in [0.717, 1.165) is 16.8 Å². The highest BCUT2D eigenvalue weighted by Crippen LogP contribution is 2.19. The molecule has 0 bridgehead atoms. The largest absolute Gasteiger partial charge is 0.391 e. The van der Waals surface area contributed by atoms with Gasteiger partial charge in [-0.05, 0) is 28.5 Å². The molecule has 0 saturated heterocycles. The predicted octanol–water partition coefficient (Wildman–Crippen LogP) is 5.31. The minimum absolute atomic E-state index is 0.405. The first-order chi connectivity index (χ1) is 13.3. The van der Waals surface area contributed by atoms with Crippen LogP contribution in [0.1, 0.15) is 11.1 Å². The molecule has 0 amide bonds. The summed E-state index contributed by atoms with van der Waals surface area (Å²) in [7, 11) is 0. The summed E-state index contributed by atoms with van der Waals surface area (Å²) in [4.78, 5) is 9.84. The van der Waals surface area contributed by atoms with Crippen LogP contribution >= 0.6 is 11.6 Å². The van der Waals surface area contributed by atoms with E-state index in [4.69, 9.17) is 16.4 Å². The number of benzene rings is 3. The Bertz CT molecular complexity index is 1050. The zero-order valence-corrected chi connectivity index (χ0v) is 15.4. The molecule has 0 aliphatic rings. The van der Waals surface area contributed by atoms with Gasteiger partial charge < -0.3 is 9.40 Å². The van der Waals surface area contributed by atoms with Crippen LogP contribution in [0.5, 0.6) is 0 Å². The van der Waals surface area contributed by atoms with Crippen molar-refractivity contribution in [3.63, 3.8) is 0 Å². The monoisotopic (exact) mass is 375 g/mol. The van der Waals surface area contributed by atoms with Gasteiger partial charge >= 0.3 is 0 Å². The summed E-state index contributed by atoms with van der Waals surface area (Å²) in [5.74, 6) is 0. The van der Waals surface area contributed by atoms with Gasteiger partial charge in [-0.2, -0.15) is 0 Å². The first-order valence-electron chi connectivity index (χ1n) is 8.67. The fraction of sp³-hybridized carbons (Fsp3) is 0.0909. The van der Waals surface area contributed by atoms with E-state index in [2.05, 4.69) is 34.4 Å². The first kappa shape index (κ1) is 17.3. The number of hydrogen-bond donors (Lipinski definition) is 0. The van der Waals surface area contributed by atoms with Crippen LogP contribution in [0.25, 0.3) is 10.8 Å². The molecule has 3 aromatic carbocycles. The van der Waals surface area contributed by atoms with Crippen LogP contribution in [-0.4, -0.2) is 15.3 Å². The lowest BCUT2D eigenvalue weighted by Crippen LogP contribution is -2.11. The maximum absolute atomic E-state index is 6.01. The lowest BCUT2D eigenvalue weighted by atomic mass is 10.1. The minimum atomic E-state index is 0.405. The molecule has 0 aliphatic carbocycles. The van der Waals surface area contributed by atoms with Gasteiger partial charge in [0.25, 0.3) is 0 Å². The van der Waals surface area contributed by atoms with Crippen molar-refractivity contribution in [3.05, 3.63) is 102 Å². The van der Waals surface area contributed by atoms with Crippen LogP contribution < -0.4 is 0 Å². The molecule has 4 nitrogen and oxygen atoms in total. The zero-order chi connectivity index (χ0) is 18.5. The molecular formula is C22H18ClN3O. The fourth-order valence-electron chi connectivity index (χ4n) is 2.97. The summed E-state index contributed by atoms with van der Waals surface area (Å²) in [6.45, 7) is 0.972. The van der Waals surface area contributed by atoms with Crippen LogP contribution in [-0.2, 0) is 18.0 Å². The number of rotatable bonds is 6. The fourth-order valence-corrected chi connectivity index (χ4v) is 3.09. The van der Waals surface area contributed by atoms with E-state index in [-0.39, 0.29) is 0 Å². The second-order valence-corrected chi connectivity index (χ2v) is 6.63. The Balaban J connectivity index is 1.57. The third kappa shape index (κ3) is 4.18. The molecule has 0 radical (unpaired) electrons. The van der Waals surface area contributed by atoms with Crippen molar-refractivity contribution in [1.82, 2.24) is 9.55 Å². The number of fused-ring (bicyclic) bond motifs is 1. The third-order valence-corrected chi connectivity index (χ3v) is 4.60. The lowest BCUT2D eigenvalue weighted by Gasteiger charge is -2.09. The van der Waals surface area contributed by atoms with Gasteiger partial charge in [-0.3, -0.25) is 0 Å². The summed E-state index contributed by atoms with van der Waals surface area (Å²) in [5.41, 5.74) is 2.88. The molecule has 0 spiro atoms. The van der Waals surface area contributed by atoms with Crippen molar-refractivity contribution in [2.75, 3.05) is 0 Å². The van der Waals surface area contributed by atoms with E-state index in [9.17, 15) is 0 Å². The van der Waals surface area contributed by atoms with E-state index < -0.39 is 0 Å². The number of imidazole rings is 1. The van der Waals surface area contributed by atoms with Crippen molar-refractivity contribution in [2.24, 2.45) is 5.16 Å².